The van der Waals surface area contributed by atoms with Crippen molar-refractivity contribution >= 4 is 23.1 Å². The quantitative estimate of drug-likeness (QED) is 0.905. The summed E-state index contributed by atoms with van der Waals surface area (Å²) in [5.74, 6) is 0.954. The smallest absolute Gasteiger partial charge is 0.261 e. The van der Waals surface area contributed by atoms with Crippen LogP contribution in [-0.2, 0) is 17.7 Å². The number of amides is 1. The minimum atomic E-state index is -0.0138. The second-order valence-electron chi connectivity index (χ2n) is 5.85. The van der Waals surface area contributed by atoms with Crippen LogP contribution in [0.2, 0.25) is 0 Å². The summed E-state index contributed by atoms with van der Waals surface area (Å²) in [6.07, 6.45) is 2.80. The Bertz CT molecular complexity index is 691. The Morgan fingerprint density at radius 3 is 2.79 bits per heavy atom. The molecule has 3 heterocycles. The van der Waals surface area contributed by atoms with Gasteiger partial charge in [-0.3, -0.25) is 4.79 Å². The molecule has 1 amide bonds. The molecule has 0 unspecified atom stereocenters. The molecular weight excluding hydrogens is 322 g/mol. The lowest BCUT2D eigenvalue weighted by Crippen LogP contribution is -2.36. The van der Waals surface area contributed by atoms with E-state index < -0.39 is 0 Å². The third kappa shape index (κ3) is 3.94. The highest BCUT2D eigenvalue weighted by atomic mass is 32.1. The number of nitrogens with zero attached hydrogens (tertiary/aromatic N) is 2. The maximum absolute atomic E-state index is 12.3. The van der Waals surface area contributed by atoms with Crippen molar-refractivity contribution in [2.75, 3.05) is 31.2 Å². The van der Waals surface area contributed by atoms with Gasteiger partial charge in [-0.15, -0.1) is 11.3 Å². The number of carbonyl (C=O) groups is 1. The molecule has 2 aromatic rings. The molecule has 0 atom stereocenters. The van der Waals surface area contributed by atoms with E-state index in [-0.39, 0.29) is 5.91 Å². The zero-order chi connectivity index (χ0) is 16.9. The first-order valence-corrected chi connectivity index (χ1v) is 9.14. The summed E-state index contributed by atoms with van der Waals surface area (Å²) in [7, 11) is 0. The predicted octanol–water partition coefficient (Wildman–Crippen LogP) is 2.78. The van der Waals surface area contributed by atoms with E-state index in [4.69, 9.17) is 4.74 Å². The number of hydrogen-bond donors (Lipinski definition) is 1. The monoisotopic (exact) mass is 345 g/mol. The lowest BCUT2D eigenvalue weighted by molar-refractivity contribution is 0.0955. The molecule has 1 aliphatic heterocycles. The second kappa shape index (κ2) is 7.77. The maximum Gasteiger partial charge on any atom is 0.261 e. The van der Waals surface area contributed by atoms with Crippen molar-refractivity contribution in [1.82, 2.24) is 10.3 Å². The van der Waals surface area contributed by atoms with Crippen LogP contribution in [0.4, 0.5) is 5.82 Å². The number of carbonyl (C=O) groups excluding carboxylic acids is 1. The molecule has 0 radical (unpaired) electrons. The maximum atomic E-state index is 12.3. The standard InChI is InChI=1S/C18H23N3O2S/c1-3-15-10-16(24-13(15)2)18(22)20-12-14-4-5-17(19-11-14)21-6-8-23-9-7-21/h4-5,10-11H,3,6-9,12H2,1-2H3,(H,20,22). The van der Waals surface area contributed by atoms with Gasteiger partial charge in [0.05, 0.1) is 18.1 Å². The summed E-state index contributed by atoms with van der Waals surface area (Å²) in [5.41, 5.74) is 2.26. The second-order valence-corrected chi connectivity index (χ2v) is 7.11. The molecule has 0 aromatic carbocycles. The fraction of sp³-hybridized carbons (Fsp3) is 0.444. The lowest BCUT2D eigenvalue weighted by atomic mass is 10.2. The number of pyridine rings is 1. The number of aryl methyl sites for hydroxylation is 2. The number of ether oxygens (including phenoxy) is 1. The van der Waals surface area contributed by atoms with E-state index in [0.29, 0.717) is 6.54 Å². The number of hydrogen-bond acceptors (Lipinski definition) is 5. The summed E-state index contributed by atoms with van der Waals surface area (Å²) >= 11 is 1.56. The van der Waals surface area contributed by atoms with Crippen LogP contribution in [0, 0.1) is 6.92 Å². The van der Waals surface area contributed by atoms with Gasteiger partial charge in [0.15, 0.2) is 0 Å². The average Bonchev–Trinajstić information content (AvgIpc) is 3.02. The summed E-state index contributed by atoms with van der Waals surface area (Å²) < 4.78 is 5.35. The normalized spacial score (nSPS) is 14.7. The van der Waals surface area contributed by atoms with Crippen LogP contribution < -0.4 is 10.2 Å². The molecule has 24 heavy (non-hydrogen) atoms. The van der Waals surface area contributed by atoms with Crippen molar-refractivity contribution < 1.29 is 9.53 Å². The molecule has 6 heteroatoms. The third-order valence-corrected chi connectivity index (χ3v) is 5.31. The minimum Gasteiger partial charge on any atom is -0.378 e. The molecule has 5 nitrogen and oxygen atoms in total. The van der Waals surface area contributed by atoms with E-state index in [1.54, 1.807) is 11.3 Å². The van der Waals surface area contributed by atoms with Gasteiger partial charge in [0.25, 0.3) is 5.91 Å². The molecule has 0 bridgehead atoms. The Hall–Kier alpha value is -1.92. The SMILES string of the molecule is CCc1cc(C(=O)NCc2ccc(N3CCOCC3)nc2)sc1C. The highest BCUT2D eigenvalue weighted by molar-refractivity contribution is 7.14. The van der Waals surface area contributed by atoms with Crippen molar-refractivity contribution in [3.05, 3.63) is 45.3 Å². The largest absolute Gasteiger partial charge is 0.378 e. The molecule has 0 spiro atoms. The van der Waals surface area contributed by atoms with E-state index in [1.165, 1.54) is 10.4 Å². The topological polar surface area (TPSA) is 54.5 Å². The summed E-state index contributed by atoms with van der Waals surface area (Å²) in [6.45, 7) is 7.92. The molecule has 0 saturated carbocycles. The fourth-order valence-corrected chi connectivity index (χ4v) is 3.78. The lowest BCUT2D eigenvalue weighted by Gasteiger charge is -2.27. The van der Waals surface area contributed by atoms with Crippen LogP contribution in [0.1, 0.15) is 32.6 Å². The highest BCUT2D eigenvalue weighted by Crippen LogP contribution is 2.22. The van der Waals surface area contributed by atoms with Gasteiger partial charge < -0.3 is 15.0 Å². The van der Waals surface area contributed by atoms with Crippen molar-refractivity contribution in [3.8, 4) is 0 Å². The number of thiophene rings is 1. The van der Waals surface area contributed by atoms with Gasteiger partial charge in [-0.1, -0.05) is 13.0 Å². The molecular formula is C18H23N3O2S. The first-order valence-electron chi connectivity index (χ1n) is 8.32. The number of morpholine rings is 1. The van der Waals surface area contributed by atoms with Crippen molar-refractivity contribution in [2.24, 2.45) is 0 Å². The number of anilines is 1. The Labute approximate surface area is 146 Å². The van der Waals surface area contributed by atoms with Crippen molar-refractivity contribution in [1.29, 1.82) is 0 Å². The Kier molecular flexibility index (Phi) is 5.48. The summed E-state index contributed by atoms with van der Waals surface area (Å²) in [4.78, 5) is 21.0. The average molecular weight is 345 g/mol. The summed E-state index contributed by atoms with van der Waals surface area (Å²) in [6, 6.07) is 6.03. The van der Waals surface area contributed by atoms with Crippen LogP contribution in [0.25, 0.3) is 0 Å². The van der Waals surface area contributed by atoms with Crippen LogP contribution in [-0.4, -0.2) is 37.2 Å². The molecule has 0 aliphatic carbocycles. The van der Waals surface area contributed by atoms with Gasteiger partial charge in [-0.25, -0.2) is 4.98 Å². The van der Waals surface area contributed by atoms with E-state index in [2.05, 4.69) is 29.0 Å². The molecule has 3 rings (SSSR count). The van der Waals surface area contributed by atoms with E-state index >= 15 is 0 Å². The minimum absolute atomic E-state index is 0.0138. The number of aromatic nitrogens is 1. The Morgan fingerprint density at radius 1 is 1.38 bits per heavy atom. The fourth-order valence-electron chi connectivity index (χ4n) is 2.75. The zero-order valence-electron chi connectivity index (χ0n) is 14.2. The van der Waals surface area contributed by atoms with E-state index in [0.717, 1.165) is 49.0 Å². The van der Waals surface area contributed by atoms with Gasteiger partial charge in [0, 0.05) is 30.7 Å². The molecule has 1 fully saturated rings. The van der Waals surface area contributed by atoms with Crippen LogP contribution >= 0.6 is 11.3 Å². The van der Waals surface area contributed by atoms with Gasteiger partial charge in [-0.2, -0.15) is 0 Å². The van der Waals surface area contributed by atoms with Crippen LogP contribution in [0.3, 0.4) is 0 Å². The van der Waals surface area contributed by atoms with Gasteiger partial charge in [-0.05, 0) is 36.6 Å². The zero-order valence-corrected chi connectivity index (χ0v) is 15.0. The molecule has 1 N–H and O–H groups in total. The van der Waals surface area contributed by atoms with Crippen molar-refractivity contribution in [3.63, 3.8) is 0 Å². The Balaban J connectivity index is 1.56. The number of nitrogens with one attached hydrogen (secondary N) is 1. The summed E-state index contributed by atoms with van der Waals surface area (Å²) in [5, 5.41) is 2.98. The van der Waals surface area contributed by atoms with E-state index in [9.17, 15) is 4.79 Å². The van der Waals surface area contributed by atoms with Gasteiger partial charge >= 0.3 is 0 Å². The molecule has 2 aromatic heterocycles. The van der Waals surface area contributed by atoms with Crippen LogP contribution in [0.5, 0.6) is 0 Å². The van der Waals surface area contributed by atoms with Gasteiger partial charge in [0.2, 0.25) is 0 Å². The predicted molar refractivity (Wildman–Crippen MR) is 96.9 cm³/mol. The first kappa shape index (κ1) is 16.9. The van der Waals surface area contributed by atoms with Crippen molar-refractivity contribution in [2.45, 2.75) is 26.8 Å². The molecule has 1 saturated heterocycles. The Morgan fingerprint density at radius 2 is 2.17 bits per heavy atom. The number of rotatable bonds is 5. The van der Waals surface area contributed by atoms with Crippen LogP contribution in [0.15, 0.2) is 24.4 Å². The molecule has 128 valence electrons. The van der Waals surface area contributed by atoms with E-state index in [1.807, 2.05) is 24.4 Å². The first-order chi connectivity index (χ1) is 11.7. The highest BCUT2D eigenvalue weighted by Gasteiger charge is 2.13. The molecule has 1 aliphatic rings. The van der Waals surface area contributed by atoms with Gasteiger partial charge in [0.1, 0.15) is 5.82 Å². The third-order valence-electron chi connectivity index (χ3n) is 4.22.